The van der Waals surface area contributed by atoms with Gasteiger partial charge < -0.3 is 5.73 Å². The van der Waals surface area contributed by atoms with E-state index in [9.17, 15) is 13.2 Å². The van der Waals surface area contributed by atoms with Crippen molar-refractivity contribution >= 4 is 0 Å². The zero-order chi connectivity index (χ0) is 13.8. The molecule has 1 fully saturated rings. The lowest BCUT2D eigenvalue weighted by Crippen LogP contribution is -2.52. The molecule has 0 aromatic heterocycles. The number of hydrogen-bond donors (Lipinski definition) is 1. The predicted molar refractivity (Wildman–Crippen MR) is 67.3 cm³/mol. The van der Waals surface area contributed by atoms with E-state index in [4.69, 9.17) is 5.73 Å². The Balaban J connectivity index is 2.41. The molecular weight excluding hydrogens is 241 g/mol. The van der Waals surface area contributed by atoms with Crippen LogP contribution in [0.3, 0.4) is 0 Å². The number of hydrogen-bond acceptors (Lipinski definition) is 2. The standard InChI is InChI=1S/C13H25F3N2/c1-10-5-4-8-18(12(10)9-17)11(2)6-3-7-13(14,15)16/h10-12H,3-9,17H2,1-2H3. The third-order valence-corrected chi connectivity index (χ3v) is 4.05. The van der Waals surface area contributed by atoms with E-state index in [0.717, 1.165) is 13.0 Å². The van der Waals surface area contributed by atoms with E-state index in [0.29, 0.717) is 24.9 Å². The lowest BCUT2D eigenvalue weighted by atomic mass is 9.89. The number of piperidine rings is 1. The summed E-state index contributed by atoms with van der Waals surface area (Å²) in [6, 6.07) is 0.531. The van der Waals surface area contributed by atoms with Gasteiger partial charge in [0.15, 0.2) is 0 Å². The first kappa shape index (κ1) is 15.8. The van der Waals surface area contributed by atoms with Crippen LogP contribution < -0.4 is 5.73 Å². The van der Waals surface area contributed by atoms with Gasteiger partial charge in [-0.05, 0) is 45.1 Å². The lowest BCUT2D eigenvalue weighted by molar-refractivity contribution is -0.136. The summed E-state index contributed by atoms with van der Waals surface area (Å²) in [4.78, 5) is 2.31. The minimum Gasteiger partial charge on any atom is -0.329 e. The van der Waals surface area contributed by atoms with Gasteiger partial charge in [-0.15, -0.1) is 0 Å². The molecule has 2 nitrogen and oxygen atoms in total. The molecule has 1 aliphatic heterocycles. The first-order chi connectivity index (χ1) is 8.35. The van der Waals surface area contributed by atoms with Crippen LogP contribution in [0.2, 0.25) is 0 Å². The molecular formula is C13H25F3N2. The van der Waals surface area contributed by atoms with Gasteiger partial charge in [-0.3, -0.25) is 4.90 Å². The largest absolute Gasteiger partial charge is 0.389 e. The topological polar surface area (TPSA) is 29.3 Å². The molecule has 1 saturated heterocycles. The van der Waals surface area contributed by atoms with E-state index >= 15 is 0 Å². The summed E-state index contributed by atoms with van der Waals surface area (Å²) >= 11 is 0. The Hall–Kier alpha value is -0.290. The highest BCUT2D eigenvalue weighted by Gasteiger charge is 2.31. The predicted octanol–water partition coefficient (Wildman–Crippen LogP) is 3.17. The first-order valence-electron chi connectivity index (χ1n) is 6.87. The van der Waals surface area contributed by atoms with Crippen LogP contribution in [0.5, 0.6) is 0 Å². The molecule has 1 aliphatic rings. The van der Waals surface area contributed by atoms with Crippen molar-refractivity contribution in [2.24, 2.45) is 11.7 Å². The van der Waals surface area contributed by atoms with Crippen LogP contribution in [0.1, 0.15) is 46.0 Å². The molecule has 0 aromatic carbocycles. The summed E-state index contributed by atoms with van der Waals surface area (Å²) in [5.74, 6) is 0.550. The zero-order valence-electron chi connectivity index (χ0n) is 11.3. The van der Waals surface area contributed by atoms with Crippen molar-refractivity contribution in [2.45, 2.75) is 64.2 Å². The maximum Gasteiger partial charge on any atom is 0.389 e. The Morgan fingerprint density at radius 2 is 2.06 bits per heavy atom. The van der Waals surface area contributed by atoms with Crippen LogP contribution in [0.25, 0.3) is 0 Å². The van der Waals surface area contributed by atoms with Crippen molar-refractivity contribution in [3.8, 4) is 0 Å². The number of alkyl halides is 3. The van der Waals surface area contributed by atoms with Crippen LogP contribution in [-0.2, 0) is 0 Å². The van der Waals surface area contributed by atoms with Crippen molar-refractivity contribution in [2.75, 3.05) is 13.1 Å². The maximum absolute atomic E-state index is 12.1. The van der Waals surface area contributed by atoms with Crippen molar-refractivity contribution in [1.29, 1.82) is 0 Å². The minimum absolute atomic E-state index is 0.198. The highest BCUT2D eigenvalue weighted by Crippen LogP contribution is 2.28. The summed E-state index contributed by atoms with van der Waals surface area (Å²) in [6.07, 6.45) is -1.58. The average molecular weight is 266 g/mol. The average Bonchev–Trinajstić information content (AvgIpc) is 2.26. The van der Waals surface area contributed by atoms with E-state index < -0.39 is 12.6 Å². The molecule has 1 rings (SSSR count). The smallest absolute Gasteiger partial charge is 0.329 e. The van der Waals surface area contributed by atoms with E-state index in [1.165, 1.54) is 6.42 Å². The number of nitrogens with two attached hydrogens (primary N) is 1. The molecule has 18 heavy (non-hydrogen) atoms. The molecule has 1 heterocycles. The van der Waals surface area contributed by atoms with E-state index in [2.05, 4.69) is 11.8 Å². The van der Waals surface area contributed by atoms with Gasteiger partial charge in [0.05, 0.1) is 0 Å². The van der Waals surface area contributed by atoms with Crippen LogP contribution in [-0.4, -0.2) is 36.2 Å². The third kappa shape index (κ3) is 4.76. The molecule has 0 amide bonds. The van der Waals surface area contributed by atoms with Crippen LogP contribution >= 0.6 is 0 Å². The van der Waals surface area contributed by atoms with Crippen LogP contribution in [0.15, 0.2) is 0 Å². The highest BCUT2D eigenvalue weighted by molar-refractivity contribution is 4.85. The Morgan fingerprint density at radius 3 is 2.61 bits per heavy atom. The Morgan fingerprint density at radius 1 is 1.39 bits per heavy atom. The molecule has 0 radical (unpaired) electrons. The van der Waals surface area contributed by atoms with E-state index in [1.54, 1.807) is 0 Å². The summed E-state index contributed by atoms with van der Waals surface area (Å²) in [5.41, 5.74) is 5.80. The first-order valence-corrected chi connectivity index (χ1v) is 6.87. The van der Waals surface area contributed by atoms with Gasteiger partial charge in [-0.2, -0.15) is 13.2 Å². The number of halogens is 3. The van der Waals surface area contributed by atoms with Gasteiger partial charge in [0, 0.05) is 25.0 Å². The lowest BCUT2D eigenvalue weighted by Gasteiger charge is -2.43. The van der Waals surface area contributed by atoms with Gasteiger partial charge in [0.1, 0.15) is 0 Å². The fraction of sp³-hybridized carbons (Fsp3) is 1.00. The Kier molecular flexibility index (Phi) is 5.92. The fourth-order valence-electron chi connectivity index (χ4n) is 2.96. The molecule has 3 atom stereocenters. The molecule has 0 aromatic rings. The zero-order valence-corrected chi connectivity index (χ0v) is 11.3. The molecule has 0 spiro atoms. The summed E-state index contributed by atoms with van der Waals surface area (Å²) in [7, 11) is 0. The molecule has 0 bridgehead atoms. The molecule has 108 valence electrons. The van der Waals surface area contributed by atoms with Gasteiger partial charge in [-0.1, -0.05) is 6.92 Å². The van der Waals surface area contributed by atoms with Crippen LogP contribution in [0.4, 0.5) is 13.2 Å². The SMILES string of the molecule is CC1CCCN(C(C)CCCC(F)(F)F)C1CN. The highest BCUT2D eigenvalue weighted by atomic mass is 19.4. The Bertz CT molecular complexity index is 243. The van der Waals surface area contributed by atoms with Gasteiger partial charge in [-0.25, -0.2) is 0 Å². The molecule has 3 unspecified atom stereocenters. The second-order valence-corrected chi connectivity index (χ2v) is 5.52. The van der Waals surface area contributed by atoms with Gasteiger partial charge in [0.2, 0.25) is 0 Å². The van der Waals surface area contributed by atoms with Gasteiger partial charge in [0.25, 0.3) is 0 Å². The molecule has 2 N–H and O–H groups in total. The van der Waals surface area contributed by atoms with E-state index in [1.807, 2.05) is 6.92 Å². The fourth-order valence-corrected chi connectivity index (χ4v) is 2.96. The second kappa shape index (κ2) is 6.75. The molecule has 5 heteroatoms. The van der Waals surface area contributed by atoms with Crippen LogP contribution in [0, 0.1) is 5.92 Å². The van der Waals surface area contributed by atoms with Crippen molar-refractivity contribution in [3.05, 3.63) is 0 Å². The Labute approximate surface area is 108 Å². The van der Waals surface area contributed by atoms with E-state index in [-0.39, 0.29) is 12.5 Å². The van der Waals surface area contributed by atoms with Crippen molar-refractivity contribution < 1.29 is 13.2 Å². The number of nitrogens with zero attached hydrogens (tertiary/aromatic N) is 1. The summed E-state index contributed by atoms with van der Waals surface area (Å²) in [6.45, 7) is 5.79. The summed E-state index contributed by atoms with van der Waals surface area (Å²) < 4.78 is 36.4. The normalized spacial score (nSPS) is 28.3. The summed E-state index contributed by atoms with van der Waals surface area (Å²) in [5, 5.41) is 0. The second-order valence-electron chi connectivity index (χ2n) is 5.52. The number of likely N-dealkylation sites (tertiary alicyclic amines) is 1. The minimum atomic E-state index is -4.03. The van der Waals surface area contributed by atoms with Gasteiger partial charge >= 0.3 is 6.18 Å². The third-order valence-electron chi connectivity index (χ3n) is 4.05. The maximum atomic E-state index is 12.1. The molecule has 0 saturated carbocycles. The molecule has 0 aliphatic carbocycles. The van der Waals surface area contributed by atoms with Crippen molar-refractivity contribution in [3.63, 3.8) is 0 Å². The quantitative estimate of drug-likeness (QED) is 0.828. The van der Waals surface area contributed by atoms with Crippen molar-refractivity contribution in [1.82, 2.24) is 4.90 Å². The number of rotatable bonds is 5. The monoisotopic (exact) mass is 266 g/mol.